The average molecular weight is 592 g/mol. The first-order valence-corrected chi connectivity index (χ1v) is 12.3. The predicted molar refractivity (Wildman–Crippen MR) is 126 cm³/mol. The fourth-order valence-corrected chi connectivity index (χ4v) is 4.59. The molecule has 1 aliphatic carbocycles. The smallest absolute Gasteiger partial charge is 0.429 e. The highest BCUT2D eigenvalue weighted by Crippen LogP contribution is 2.39. The van der Waals surface area contributed by atoms with Gasteiger partial charge in [-0.3, -0.25) is 0 Å². The summed E-state index contributed by atoms with van der Waals surface area (Å²) in [7, 11) is 0. The molecule has 41 heavy (non-hydrogen) atoms. The predicted octanol–water partition coefficient (Wildman–Crippen LogP) is 8.39. The number of fused-ring (bicyclic) bond motifs is 1. The van der Waals surface area contributed by atoms with Gasteiger partial charge in [0.1, 0.15) is 28.7 Å². The number of ether oxygens (including phenoxy) is 3. The minimum atomic E-state index is -5.50. The minimum absolute atomic E-state index is 0.0838. The Morgan fingerprint density at radius 3 is 1.98 bits per heavy atom. The van der Waals surface area contributed by atoms with Gasteiger partial charge in [-0.2, -0.15) is 8.78 Å². The van der Waals surface area contributed by atoms with Crippen LogP contribution in [0.1, 0.15) is 53.2 Å². The molecule has 0 bridgehead atoms. The number of unbranched alkanes of at least 4 members (excludes halogenated alkanes) is 1. The van der Waals surface area contributed by atoms with Crippen LogP contribution >= 0.6 is 0 Å². The van der Waals surface area contributed by atoms with Crippen LogP contribution in [0.15, 0.2) is 42.5 Å². The zero-order chi connectivity index (χ0) is 30.1. The number of rotatable bonds is 9. The summed E-state index contributed by atoms with van der Waals surface area (Å²) in [4.78, 5) is 12.6. The van der Waals surface area contributed by atoms with Crippen LogP contribution in [-0.4, -0.2) is 12.3 Å². The first-order valence-electron chi connectivity index (χ1n) is 12.3. The second-order valence-corrected chi connectivity index (χ2v) is 9.43. The molecule has 1 aliphatic rings. The quantitative estimate of drug-likeness (QED) is 0.142. The molecule has 3 aromatic carbocycles. The normalized spacial score (nSPS) is 15.0. The Bertz CT molecular complexity index is 1410. The number of hydrogen-bond donors (Lipinski definition) is 0. The van der Waals surface area contributed by atoms with E-state index in [1.807, 2.05) is 0 Å². The van der Waals surface area contributed by atoms with Crippen LogP contribution in [0, 0.1) is 29.2 Å². The summed E-state index contributed by atoms with van der Waals surface area (Å²) < 4.78 is 135. The van der Waals surface area contributed by atoms with E-state index in [1.54, 1.807) is 12.1 Å². The number of benzene rings is 3. The van der Waals surface area contributed by atoms with Gasteiger partial charge in [0, 0.05) is 24.3 Å². The molecule has 0 radical (unpaired) electrons. The Balaban J connectivity index is 1.49. The van der Waals surface area contributed by atoms with Crippen molar-refractivity contribution < 1.29 is 58.5 Å². The molecule has 220 valence electrons. The summed E-state index contributed by atoms with van der Waals surface area (Å²) in [5, 5.41) is 0. The summed E-state index contributed by atoms with van der Waals surface area (Å²) in [5.74, 6) is -12.7. The van der Waals surface area contributed by atoms with Crippen LogP contribution in [0.2, 0.25) is 0 Å². The van der Waals surface area contributed by atoms with Crippen LogP contribution in [0.25, 0.3) is 0 Å². The van der Waals surface area contributed by atoms with Crippen molar-refractivity contribution in [1.29, 1.82) is 0 Å². The minimum Gasteiger partial charge on any atom is -0.429 e. The monoisotopic (exact) mass is 592 g/mol. The Hall–Kier alpha value is -3.90. The van der Waals surface area contributed by atoms with Gasteiger partial charge in [0.05, 0.1) is 5.56 Å². The van der Waals surface area contributed by atoms with Gasteiger partial charge in [-0.25, -0.2) is 22.4 Å². The second kappa shape index (κ2) is 11.5. The molecule has 1 unspecified atom stereocenters. The molecule has 1 atom stereocenters. The summed E-state index contributed by atoms with van der Waals surface area (Å²) >= 11 is 0. The highest BCUT2D eigenvalue weighted by atomic mass is 19.4. The fraction of sp³-hybridized carbons (Fsp3) is 0.321. The Kier molecular flexibility index (Phi) is 8.46. The summed E-state index contributed by atoms with van der Waals surface area (Å²) in [6.07, 6.45) is -5.62. The molecule has 0 saturated heterocycles. The number of hydrogen-bond acceptors (Lipinski definition) is 4. The third-order valence-corrected chi connectivity index (χ3v) is 6.38. The van der Waals surface area contributed by atoms with Gasteiger partial charge in [0.15, 0.2) is 11.6 Å². The average Bonchev–Trinajstić information content (AvgIpc) is 3.25. The SMILES string of the molecule is CCCCC1Cc2ccc(C(=O)Oc3cc(F)c(C(F)(F)Oc4cc(F)c(OC(F)(F)F)c(F)c4)c(F)c3)cc2C1. The van der Waals surface area contributed by atoms with E-state index in [4.69, 9.17) is 4.74 Å². The van der Waals surface area contributed by atoms with E-state index in [2.05, 4.69) is 16.4 Å². The molecule has 4 rings (SSSR count). The molecule has 0 aliphatic heterocycles. The van der Waals surface area contributed by atoms with Crippen LogP contribution in [0.5, 0.6) is 17.2 Å². The topological polar surface area (TPSA) is 44.8 Å². The summed E-state index contributed by atoms with van der Waals surface area (Å²) in [6, 6.07) is 5.23. The molecule has 0 spiro atoms. The van der Waals surface area contributed by atoms with E-state index in [9.17, 15) is 44.3 Å². The van der Waals surface area contributed by atoms with Gasteiger partial charge < -0.3 is 14.2 Å². The van der Waals surface area contributed by atoms with Crippen LogP contribution in [0.4, 0.5) is 39.5 Å². The largest absolute Gasteiger partial charge is 0.573 e. The molecule has 0 saturated carbocycles. The van der Waals surface area contributed by atoms with Crippen molar-refractivity contribution in [3.63, 3.8) is 0 Å². The van der Waals surface area contributed by atoms with E-state index in [0.29, 0.717) is 5.92 Å². The molecule has 0 fully saturated rings. The van der Waals surface area contributed by atoms with E-state index >= 15 is 0 Å². The first kappa shape index (κ1) is 30.1. The highest BCUT2D eigenvalue weighted by molar-refractivity contribution is 5.91. The third-order valence-electron chi connectivity index (χ3n) is 6.38. The Morgan fingerprint density at radius 1 is 0.805 bits per heavy atom. The number of esters is 1. The van der Waals surface area contributed by atoms with E-state index < -0.39 is 64.5 Å². The maximum Gasteiger partial charge on any atom is 0.573 e. The molecule has 0 aromatic heterocycles. The highest BCUT2D eigenvalue weighted by Gasteiger charge is 2.42. The zero-order valence-electron chi connectivity index (χ0n) is 21.2. The first-order chi connectivity index (χ1) is 19.2. The lowest BCUT2D eigenvalue weighted by molar-refractivity contribution is -0.276. The van der Waals surface area contributed by atoms with Crippen molar-refractivity contribution in [2.24, 2.45) is 5.92 Å². The van der Waals surface area contributed by atoms with Crippen molar-refractivity contribution in [1.82, 2.24) is 0 Å². The van der Waals surface area contributed by atoms with E-state index in [0.717, 1.165) is 43.2 Å². The van der Waals surface area contributed by atoms with Crippen molar-refractivity contribution in [3.05, 3.63) is 88.0 Å². The Labute approximate surface area is 227 Å². The van der Waals surface area contributed by atoms with Crippen molar-refractivity contribution in [3.8, 4) is 17.2 Å². The van der Waals surface area contributed by atoms with Gasteiger partial charge in [-0.05, 0) is 48.4 Å². The molecular formula is C28H21F9O4. The van der Waals surface area contributed by atoms with Gasteiger partial charge in [-0.1, -0.05) is 25.8 Å². The fourth-order valence-electron chi connectivity index (χ4n) is 4.59. The van der Waals surface area contributed by atoms with Crippen molar-refractivity contribution in [2.45, 2.75) is 51.5 Å². The molecule has 3 aromatic rings. The van der Waals surface area contributed by atoms with Gasteiger partial charge in [0.25, 0.3) is 0 Å². The Morgan fingerprint density at radius 2 is 1.39 bits per heavy atom. The number of halogens is 9. The van der Waals surface area contributed by atoms with Crippen molar-refractivity contribution >= 4 is 5.97 Å². The lowest BCUT2D eigenvalue weighted by Gasteiger charge is -2.20. The zero-order valence-corrected chi connectivity index (χ0v) is 21.2. The third kappa shape index (κ3) is 7.06. The second-order valence-electron chi connectivity index (χ2n) is 9.43. The lowest BCUT2D eigenvalue weighted by atomic mass is 9.99. The molecule has 0 amide bonds. The van der Waals surface area contributed by atoms with Crippen LogP contribution < -0.4 is 14.2 Å². The van der Waals surface area contributed by atoms with Gasteiger partial charge >= 0.3 is 18.4 Å². The van der Waals surface area contributed by atoms with E-state index in [-0.39, 0.29) is 29.8 Å². The number of carbonyl (C=O) groups is 1. The lowest BCUT2D eigenvalue weighted by Crippen LogP contribution is -2.26. The molecular weight excluding hydrogens is 571 g/mol. The summed E-state index contributed by atoms with van der Waals surface area (Å²) in [5.41, 5.74) is 0.0920. The van der Waals surface area contributed by atoms with Gasteiger partial charge in [0.2, 0.25) is 5.75 Å². The standard InChI is InChI=1S/C28H21F9O4/c1-2-3-4-14-7-15-5-6-16(9-17(15)8-14)26(38)39-18-10-20(29)24(21(30)11-18)27(33,34)40-19-12-22(31)25(23(32)13-19)41-28(35,36)37/h5-6,9-14H,2-4,7-8H2,1H3. The maximum atomic E-state index is 14.6. The maximum absolute atomic E-state index is 14.6. The van der Waals surface area contributed by atoms with Crippen LogP contribution in [-0.2, 0) is 19.0 Å². The number of carbonyl (C=O) groups excluding carboxylic acids is 1. The van der Waals surface area contributed by atoms with Crippen LogP contribution in [0.3, 0.4) is 0 Å². The molecule has 4 nitrogen and oxygen atoms in total. The molecule has 13 heteroatoms. The molecule has 0 N–H and O–H groups in total. The molecule has 0 heterocycles. The number of alkyl halides is 5. The van der Waals surface area contributed by atoms with Gasteiger partial charge in [-0.15, -0.1) is 13.2 Å². The summed E-state index contributed by atoms with van der Waals surface area (Å²) in [6.45, 7) is 2.09. The van der Waals surface area contributed by atoms with Crippen molar-refractivity contribution in [2.75, 3.05) is 0 Å². The van der Waals surface area contributed by atoms with E-state index in [1.165, 1.54) is 6.07 Å².